The van der Waals surface area contributed by atoms with Crippen LogP contribution in [0.3, 0.4) is 0 Å². The fourth-order valence-corrected chi connectivity index (χ4v) is 2.68. The Bertz CT molecular complexity index is 711. The zero-order valence-electron chi connectivity index (χ0n) is 14.1. The van der Waals surface area contributed by atoms with E-state index in [0.29, 0.717) is 13.1 Å². The zero-order valence-corrected chi connectivity index (χ0v) is 14.1. The highest BCUT2D eigenvalue weighted by atomic mass is 16.6. The van der Waals surface area contributed by atoms with Gasteiger partial charge in [-0.1, -0.05) is 0 Å². The van der Waals surface area contributed by atoms with E-state index in [9.17, 15) is 4.79 Å². The van der Waals surface area contributed by atoms with Crippen LogP contribution in [0, 0.1) is 6.92 Å². The molecular weight excluding hydrogens is 294 g/mol. The van der Waals surface area contributed by atoms with Crippen molar-refractivity contribution in [2.45, 2.75) is 33.3 Å². The number of amides is 1. The molecule has 2 aromatic rings. The molecule has 7 nitrogen and oxygen atoms in total. The average Bonchev–Trinajstić information content (AvgIpc) is 2.85. The quantitative estimate of drug-likeness (QED) is 0.806. The van der Waals surface area contributed by atoms with Crippen molar-refractivity contribution in [2.75, 3.05) is 31.1 Å². The Morgan fingerprint density at radius 3 is 2.57 bits per heavy atom. The van der Waals surface area contributed by atoms with Crippen LogP contribution in [0.1, 0.15) is 26.5 Å². The summed E-state index contributed by atoms with van der Waals surface area (Å²) in [5.41, 5.74) is 1.36. The summed E-state index contributed by atoms with van der Waals surface area (Å²) in [6.45, 7) is 10.3. The van der Waals surface area contributed by atoms with Crippen LogP contribution >= 0.6 is 0 Å². The number of rotatable bonds is 1. The molecule has 124 valence electrons. The fraction of sp³-hybridized carbons (Fsp3) is 0.562. The number of aryl methyl sites for hydroxylation is 1. The summed E-state index contributed by atoms with van der Waals surface area (Å²) in [5.74, 6) is 0.865. The average molecular weight is 317 g/mol. The van der Waals surface area contributed by atoms with Crippen LogP contribution in [0.25, 0.3) is 5.65 Å². The Hall–Kier alpha value is -2.31. The lowest BCUT2D eigenvalue weighted by Crippen LogP contribution is -2.50. The van der Waals surface area contributed by atoms with E-state index < -0.39 is 5.60 Å². The molecule has 1 fully saturated rings. The molecule has 0 spiro atoms. The molecule has 1 aliphatic heterocycles. The summed E-state index contributed by atoms with van der Waals surface area (Å²) < 4.78 is 7.41. The van der Waals surface area contributed by atoms with Crippen molar-refractivity contribution < 1.29 is 9.53 Å². The van der Waals surface area contributed by atoms with Crippen LogP contribution in [0.15, 0.2) is 18.6 Å². The SMILES string of the molecule is Cc1cn2ccnc(N3CCN(C(=O)OC(C)(C)C)CC3)c2n1. The third-order valence-corrected chi connectivity index (χ3v) is 3.71. The van der Waals surface area contributed by atoms with Crippen LogP contribution in [-0.4, -0.2) is 57.1 Å². The lowest BCUT2D eigenvalue weighted by molar-refractivity contribution is 0.0240. The first-order valence-corrected chi connectivity index (χ1v) is 7.87. The van der Waals surface area contributed by atoms with Gasteiger partial charge in [0.25, 0.3) is 0 Å². The molecule has 0 aliphatic carbocycles. The van der Waals surface area contributed by atoms with Crippen molar-refractivity contribution in [3.63, 3.8) is 0 Å². The summed E-state index contributed by atoms with van der Waals surface area (Å²) in [6, 6.07) is 0. The van der Waals surface area contributed by atoms with Gasteiger partial charge >= 0.3 is 6.09 Å². The number of imidazole rings is 1. The molecule has 0 bridgehead atoms. The van der Waals surface area contributed by atoms with Crippen molar-refractivity contribution in [3.05, 3.63) is 24.3 Å². The first-order chi connectivity index (χ1) is 10.8. The minimum atomic E-state index is -0.464. The number of anilines is 1. The van der Waals surface area contributed by atoms with Crippen molar-refractivity contribution in [1.82, 2.24) is 19.3 Å². The molecule has 0 N–H and O–H groups in total. The van der Waals surface area contributed by atoms with Crippen LogP contribution < -0.4 is 4.90 Å². The molecule has 23 heavy (non-hydrogen) atoms. The summed E-state index contributed by atoms with van der Waals surface area (Å²) in [4.78, 5) is 25.1. The van der Waals surface area contributed by atoms with Gasteiger partial charge in [-0.25, -0.2) is 14.8 Å². The topological polar surface area (TPSA) is 63.0 Å². The molecule has 1 amide bonds. The van der Waals surface area contributed by atoms with E-state index >= 15 is 0 Å². The van der Waals surface area contributed by atoms with Gasteiger partial charge in [0.1, 0.15) is 5.60 Å². The van der Waals surface area contributed by atoms with Gasteiger partial charge in [0, 0.05) is 44.8 Å². The van der Waals surface area contributed by atoms with E-state index in [2.05, 4.69) is 14.9 Å². The number of fused-ring (bicyclic) bond motifs is 1. The summed E-state index contributed by atoms with van der Waals surface area (Å²) >= 11 is 0. The second kappa shape index (κ2) is 5.72. The van der Waals surface area contributed by atoms with E-state index in [4.69, 9.17) is 4.74 Å². The predicted octanol–water partition coefficient (Wildman–Crippen LogP) is 2.09. The van der Waals surface area contributed by atoms with E-state index in [1.807, 2.05) is 44.5 Å². The first kappa shape index (κ1) is 15.6. The largest absolute Gasteiger partial charge is 0.444 e. The zero-order chi connectivity index (χ0) is 16.6. The lowest BCUT2D eigenvalue weighted by atomic mass is 10.2. The maximum absolute atomic E-state index is 12.1. The second-order valence-electron chi connectivity index (χ2n) is 6.82. The van der Waals surface area contributed by atoms with Crippen molar-refractivity contribution in [3.8, 4) is 0 Å². The number of ether oxygens (including phenoxy) is 1. The van der Waals surface area contributed by atoms with Gasteiger partial charge in [-0.3, -0.25) is 0 Å². The molecule has 3 heterocycles. The molecule has 0 radical (unpaired) electrons. The number of nitrogens with zero attached hydrogens (tertiary/aromatic N) is 5. The highest BCUT2D eigenvalue weighted by Gasteiger charge is 2.27. The third-order valence-electron chi connectivity index (χ3n) is 3.71. The molecule has 0 aromatic carbocycles. The summed E-state index contributed by atoms with van der Waals surface area (Å²) in [6.07, 6.45) is 5.41. The van der Waals surface area contributed by atoms with Gasteiger partial charge in [0.15, 0.2) is 11.5 Å². The number of carbonyl (C=O) groups is 1. The van der Waals surface area contributed by atoms with Crippen LogP contribution in [-0.2, 0) is 4.74 Å². The van der Waals surface area contributed by atoms with Gasteiger partial charge in [0.2, 0.25) is 0 Å². The number of aromatic nitrogens is 3. The highest BCUT2D eigenvalue weighted by molar-refractivity contribution is 5.69. The van der Waals surface area contributed by atoms with Crippen molar-refractivity contribution in [1.29, 1.82) is 0 Å². The molecule has 1 saturated heterocycles. The predicted molar refractivity (Wildman–Crippen MR) is 87.7 cm³/mol. The normalized spacial score (nSPS) is 16.0. The molecule has 2 aromatic heterocycles. The molecule has 3 rings (SSSR count). The molecular formula is C16H23N5O2. The number of hydrogen-bond acceptors (Lipinski definition) is 5. The molecule has 0 atom stereocenters. The monoisotopic (exact) mass is 317 g/mol. The van der Waals surface area contributed by atoms with Crippen molar-refractivity contribution in [2.24, 2.45) is 0 Å². The van der Waals surface area contributed by atoms with Crippen LogP contribution in [0.2, 0.25) is 0 Å². The van der Waals surface area contributed by atoms with Gasteiger partial charge in [-0.2, -0.15) is 0 Å². The maximum Gasteiger partial charge on any atom is 0.410 e. The Morgan fingerprint density at radius 1 is 1.22 bits per heavy atom. The minimum Gasteiger partial charge on any atom is -0.444 e. The van der Waals surface area contributed by atoms with E-state index in [1.54, 1.807) is 11.1 Å². The third kappa shape index (κ3) is 3.38. The Morgan fingerprint density at radius 2 is 1.91 bits per heavy atom. The first-order valence-electron chi connectivity index (χ1n) is 7.87. The minimum absolute atomic E-state index is 0.250. The Labute approximate surface area is 135 Å². The van der Waals surface area contributed by atoms with E-state index in [0.717, 1.165) is 30.2 Å². The highest BCUT2D eigenvalue weighted by Crippen LogP contribution is 2.20. The molecule has 0 saturated carbocycles. The smallest absolute Gasteiger partial charge is 0.410 e. The number of carbonyl (C=O) groups excluding carboxylic acids is 1. The Kier molecular flexibility index (Phi) is 3.87. The fourth-order valence-electron chi connectivity index (χ4n) is 2.68. The van der Waals surface area contributed by atoms with Crippen LogP contribution in [0.4, 0.5) is 10.6 Å². The maximum atomic E-state index is 12.1. The number of piperazine rings is 1. The van der Waals surface area contributed by atoms with E-state index in [1.165, 1.54) is 0 Å². The summed E-state index contributed by atoms with van der Waals surface area (Å²) in [7, 11) is 0. The lowest BCUT2D eigenvalue weighted by Gasteiger charge is -2.36. The van der Waals surface area contributed by atoms with Gasteiger partial charge in [-0.05, 0) is 27.7 Å². The molecule has 7 heteroatoms. The number of hydrogen-bond donors (Lipinski definition) is 0. The Balaban J connectivity index is 1.70. The van der Waals surface area contributed by atoms with E-state index in [-0.39, 0.29) is 6.09 Å². The van der Waals surface area contributed by atoms with Crippen LogP contribution in [0.5, 0.6) is 0 Å². The van der Waals surface area contributed by atoms with Crippen molar-refractivity contribution >= 4 is 17.6 Å². The van der Waals surface area contributed by atoms with Gasteiger partial charge in [0.05, 0.1) is 5.69 Å². The summed E-state index contributed by atoms with van der Waals surface area (Å²) in [5, 5.41) is 0. The van der Waals surface area contributed by atoms with Gasteiger partial charge < -0.3 is 18.9 Å². The second-order valence-corrected chi connectivity index (χ2v) is 6.82. The molecule has 0 unspecified atom stereocenters. The molecule has 1 aliphatic rings. The van der Waals surface area contributed by atoms with Gasteiger partial charge in [-0.15, -0.1) is 0 Å². The standard InChI is InChI=1S/C16H23N5O2/c1-12-11-21-6-5-17-13(14(21)18-12)19-7-9-20(10-8-19)15(22)23-16(2,3)4/h5-6,11H,7-10H2,1-4H3.